The van der Waals surface area contributed by atoms with Crippen LogP contribution >= 0.6 is 11.6 Å². The molecule has 1 N–H and O–H groups in total. The highest BCUT2D eigenvalue weighted by molar-refractivity contribution is 6.30. The van der Waals surface area contributed by atoms with Gasteiger partial charge in [-0.05, 0) is 31.2 Å². The normalized spacial score (nSPS) is 20.7. The van der Waals surface area contributed by atoms with Crippen LogP contribution in [0.4, 0.5) is 5.69 Å². The summed E-state index contributed by atoms with van der Waals surface area (Å²) in [6, 6.07) is 10.4. The van der Waals surface area contributed by atoms with Gasteiger partial charge in [0.15, 0.2) is 0 Å². The Morgan fingerprint density at radius 3 is 3.18 bits per heavy atom. The van der Waals surface area contributed by atoms with E-state index in [1.807, 2.05) is 18.2 Å². The fraction of sp³-hybridized carbons (Fsp3) is 0.462. The Kier molecular flexibility index (Phi) is 4.24. The smallest absolute Gasteiger partial charge is 0.0638 e. The van der Waals surface area contributed by atoms with Gasteiger partial charge in [0.2, 0.25) is 0 Å². The largest absolute Gasteiger partial charge is 0.370 e. The van der Waals surface area contributed by atoms with E-state index in [-0.39, 0.29) is 6.04 Å². The highest BCUT2D eigenvalue weighted by Gasteiger charge is 2.17. The van der Waals surface area contributed by atoms with Crippen molar-refractivity contribution in [3.05, 3.63) is 29.3 Å². The van der Waals surface area contributed by atoms with E-state index in [0.717, 1.165) is 36.8 Å². The van der Waals surface area contributed by atoms with Crippen LogP contribution in [-0.2, 0) is 0 Å². The van der Waals surface area contributed by atoms with Crippen molar-refractivity contribution in [1.29, 1.82) is 5.26 Å². The number of rotatable bonds is 2. The third-order valence-electron chi connectivity index (χ3n) is 2.99. The summed E-state index contributed by atoms with van der Waals surface area (Å²) in [7, 11) is 0. The minimum atomic E-state index is 0.251. The molecular weight excluding hydrogens is 234 g/mol. The summed E-state index contributed by atoms with van der Waals surface area (Å²) >= 11 is 6.01. The molecule has 1 aromatic rings. The summed E-state index contributed by atoms with van der Waals surface area (Å²) < 4.78 is 0. The minimum absolute atomic E-state index is 0.251. The molecule has 0 bridgehead atoms. The lowest BCUT2D eigenvalue weighted by molar-refractivity contribution is 0.552. The van der Waals surface area contributed by atoms with Crippen molar-refractivity contribution in [3.8, 4) is 6.07 Å². The number of hydrogen-bond donors (Lipinski definition) is 1. The van der Waals surface area contributed by atoms with Gasteiger partial charge in [-0.25, -0.2) is 0 Å². The summed E-state index contributed by atoms with van der Waals surface area (Å²) in [6.45, 7) is 2.85. The standard InChI is InChI=1S/C13H16ClN3/c14-11-3-1-4-13(9-11)17-8-2-7-16-12(10-17)5-6-15/h1,3-4,9,12,16H,2,5,7-8,10H2. The molecule has 3 nitrogen and oxygen atoms in total. The van der Waals surface area contributed by atoms with Gasteiger partial charge in [0.05, 0.1) is 12.5 Å². The number of halogens is 1. The van der Waals surface area contributed by atoms with Gasteiger partial charge in [-0.15, -0.1) is 0 Å². The second-order valence-corrected chi connectivity index (χ2v) is 4.73. The zero-order valence-electron chi connectivity index (χ0n) is 9.69. The first-order valence-corrected chi connectivity index (χ1v) is 6.28. The summed E-state index contributed by atoms with van der Waals surface area (Å²) in [5.41, 5.74) is 1.14. The van der Waals surface area contributed by atoms with Crippen molar-refractivity contribution in [2.24, 2.45) is 0 Å². The first-order chi connectivity index (χ1) is 8.29. The van der Waals surface area contributed by atoms with E-state index < -0.39 is 0 Å². The molecule has 1 heterocycles. The average molecular weight is 250 g/mol. The quantitative estimate of drug-likeness (QED) is 0.875. The van der Waals surface area contributed by atoms with Crippen molar-refractivity contribution < 1.29 is 0 Å². The minimum Gasteiger partial charge on any atom is -0.370 e. The van der Waals surface area contributed by atoms with Crippen LogP contribution in [0, 0.1) is 11.3 Å². The van der Waals surface area contributed by atoms with E-state index in [4.69, 9.17) is 16.9 Å². The SMILES string of the molecule is N#CCC1CN(c2cccc(Cl)c2)CCCN1. The first-order valence-electron chi connectivity index (χ1n) is 5.90. The number of anilines is 1. The molecular formula is C13H16ClN3. The van der Waals surface area contributed by atoms with Gasteiger partial charge in [0, 0.05) is 29.8 Å². The molecule has 0 aromatic heterocycles. The van der Waals surface area contributed by atoms with Crippen molar-refractivity contribution in [2.45, 2.75) is 18.9 Å². The Morgan fingerprint density at radius 2 is 2.41 bits per heavy atom. The van der Waals surface area contributed by atoms with Gasteiger partial charge in [-0.3, -0.25) is 0 Å². The third-order valence-corrected chi connectivity index (χ3v) is 3.22. The van der Waals surface area contributed by atoms with Gasteiger partial charge in [-0.2, -0.15) is 5.26 Å². The molecule has 1 aromatic carbocycles. The van der Waals surface area contributed by atoms with Gasteiger partial charge < -0.3 is 10.2 Å². The summed E-state index contributed by atoms with van der Waals surface area (Å²) in [5, 5.41) is 12.9. The highest BCUT2D eigenvalue weighted by atomic mass is 35.5. The third kappa shape index (κ3) is 3.36. The van der Waals surface area contributed by atoms with Crippen LogP contribution in [0.2, 0.25) is 5.02 Å². The zero-order chi connectivity index (χ0) is 12.1. The van der Waals surface area contributed by atoms with E-state index in [0.29, 0.717) is 6.42 Å². The molecule has 17 heavy (non-hydrogen) atoms. The molecule has 0 saturated carbocycles. The molecule has 0 spiro atoms. The lowest BCUT2D eigenvalue weighted by Gasteiger charge is -2.25. The molecule has 1 aliphatic rings. The molecule has 1 unspecified atom stereocenters. The molecule has 2 rings (SSSR count). The zero-order valence-corrected chi connectivity index (χ0v) is 10.5. The molecule has 1 aliphatic heterocycles. The van der Waals surface area contributed by atoms with E-state index in [1.54, 1.807) is 0 Å². The van der Waals surface area contributed by atoms with Crippen molar-refractivity contribution in [1.82, 2.24) is 5.32 Å². The first kappa shape index (κ1) is 12.2. The van der Waals surface area contributed by atoms with Gasteiger partial charge in [-0.1, -0.05) is 17.7 Å². The molecule has 4 heteroatoms. The van der Waals surface area contributed by atoms with E-state index in [1.165, 1.54) is 0 Å². The van der Waals surface area contributed by atoms with E-state index in [9.17, 15) is 0 Å². The Labute approximate surface area is 107 Å². The van der Waals surface area contributed by atoms with Gasteiger partial charge in [0.25, 0.3) is 0 Å². The molecule has 90 valence electrons. The maximum Gasteiger partial charge on any atom is 0.0638 e. The maximum atomic E-state index is 8.78. The number of nitrogens with one attached hydrogen (secondary N) is 1. The van der Waals surface area contributed by atoms with Crippen LogP contribution in [0.25, 0.3) is 0 Å². The number of benzene rings is 1. The summed E-state index contributed by atoms with van der Waals surface area (Å²) in [5.74, 6) is 0. The van der Waals surface area contributed by atoms with Crippen LogP contribution in [0.1, 0.15) is 12.8 Å². The number of hydrogen-bond acceptors (Lipinski definition) is 3. The van der Waals surface area contributed by atoms with Crippen LogP contribution in [0.3, 0.4) is 0 Å². The van der Waals surface area contributed by atoms with Crippen LogP contribution in [-0.4, -0.2) is 25.7 Å². The topological polar surface area (TPSA) is 39.1 Å². The maximum absolute atomic E-state index is 8.78. The van der Waals surface area contributed by atoms with Gasteiger partial charge >= 0.3 is 0 Å². The van der Waals surface area contributed by atoms with E-state index >= 15 is 0 Å². The molecule has 0 radical (unpaired) electrons. The Bertz CT molecular complexity index is 413. The van der Waals surface area contributed by atoms with Crippen molar-refractivity contribution in [2.75, 3.05) is 24.5 Å². The summed E-state index contributed by atoms with van der Waals surface area (Å²) in [4.78, 5) is 2.30. The van der Waals surface area contributed by atoms with Crippen LogP contribution in [0.5, 0.6) is 0 Å². The second kappa shape index (κ2) is 5.90. The molecule has 0 aliphatic carbocycles. The molecule has 1 saturated heterocycles. The fourth-order valence-electron chi connectivity index (χ4n) is 2.15. The second-order valence-electron chi connectivity index (χ2n) is 4.29. The van der Waals surface area contributed by atoms with E-state index in [2.05, 4.69) is 22.4 Å². The Balaban J connectivity index is 2.11. The lowest BCUT2D eigenvalue weighted by Crippen LogP contribution is -2.37. The van der Waals surface area contributed by atoms with Crippen molar-refractivity contribution >= 4 is 17.3 Å². The summed E-state index contributed by atoms with van der Waals surface area (Å²) in [6.07, 6.45) is 1.64. The number of nitrogens with zero attached hydrogens (tertiary/aromatic N) is 2. The average Bonchev–Trinajstić information content (AvgIpc) is 2.55. The lowest BCUT2D eigenvalue weighted by atomic mass is 10.2. The highest BCUT2D eigenvalue weighted by Crippen LogP contribution is 2.21. The predicted molar refractivity (Wildman–Crippen MR) is 70.3 cm³/mol. The predicted octanol–water partition coefficient (Wildman–Crippen LogP) is 2.42. The molecule has 1 atom stereocenters. The monoisotopic (exact) mass is 249 g/mol. The van der Waals surface area contributed by atoms with Crippen molar-refractivity contribution in [3.63, 3.8) is 0 Å². The number of nitriles is 1. The molecule has 0 amide bonds. The van der Waals surface area contributed by atoms with Crippen LogP contribution in [0.15, 0.2) is 24.3 Å². The Morgan fingerprint density at radius 1 is 1.53 bits per heavy atom. The van der Waals surface area contributed by atoms with Crippen LogP contribution < -0.4 is 10.2 Å². The fourth-order valence-corrected chi connectivity index (χ4v) is 2.34. The molecule has 1 fully saturated rings. The Hall–Kier alpha value is -1.24. The van der Waals surface area contributed by atoms with Gasteiger partial charge in [0.1, 0.15) is 0 Å².